The van der Waals surface area contributed by atoms with E-state index in [9.17, 15) is 0 Å². The molecule has 6 heteroatoms. The largest absolute Gasteiger partial charge is 0.357 e. The van der Waals surface area contributed by atoms with Gasteiger partial charge in [-0.25, -0.2) is 9.67 Å². The second-order valence-electron chi connectivity index (χ2n) is 6.49. The monoisotopic (exact) mass is 489 g/mol. The fraction of sp³-hybridized carbons (Fsp3) is 0.273. The fourth-order valence-electron chi connectivity index (χ4n) is 2.86. The van der Waals surface area contributed by atoms with E-state index >= 15 is 0 Å². The van der Waals surface area contributed by atoms with Crippen LogP contribution in [0.4, 0.5) is 0 Å². The van der Waals surface area contributed by atoms with Gasteiger partial charge in [0.25, 0.3) is 0 Å². The number of aromatic nitrogens is 2. The molecule has 0 saturated heterocycles. The number of guanidine groups is 1. The highest BCUT2D eigenvalue weighted by Gasteiger charge is 2.02. The predicted octanol–water partition coefficient (Wildman–Crippen LogP) is 4.10. The summed E-state index contributed by atoms with van der Waals surface area (Å²) in [6, 6.07) is 18.6. The van der Waals surface area contributed by atoms with Gasteiger partial charge in [-0.15, -0.1) is 24.0 Å². The molecule has 5 nitrogen and oxygen atoms in total. The number of aliphatic imine (C=N–C) groups is 1. The van der Waals surface area contributed by atoms with Crippen LogP contribution in [0.2, 0.25) is 0 Å². The number of hydrogen-bond donors (Lipinski definition) is 2. The first-order chi connectivity index (χ1) is 13.2. The fourth-order valence-corrected chi connectivity index (χ4v) is 2.86. The van der Waals surface area contributed by atoms with Gasteiger partial charge in [0.2, 0.25) is 0 Å². The highest BCUT2D eigenvalue weighted by molar-refractivity contribution is 14.0. The molecule has 0 spiro atoms. The smallest absolute Gasteiger partial charge is 0.191 e. The number of para-hydroxylation sites is 1. The molecule has 148 valence electrons. The van der Waals surface area contributed by atoms with Crippen LogP contribution in [-0.4, -0.2) is 28.8 Å². The van der Waals surface area contributed by atoms with Crippen molar-refractivity contribution >= 4 is 29.9 Å². The summed E-state index contributed by atoms with van der Waals surface area (Å²) in [6.07, 6.45) is 4.89. The highest BCUT2D eigenvalue weighted by atomic mass is 127. The number of hydrogen-bond acceptors (Lipinski definition) is 2. The zero-order valence-corrected chi connectivity index (χ0v) is 18.8. The Kier molecular flexibility index (Phi) is 9.00. The summed E-state index contributed by atoms with van der Waals surface area (Å²) in [6.45, 7) is 6.49. The zero-order valence-electron chi connectivity index (χ0n) is 16.4. The minimum Gasteiger partial charge on any atom is -0.357 e. The van der Waals surface area contributed by atoms with Crippen molar-refractivity contribution < 1.29 is 0 Å². The molecule has 0 aliphatic carbocycles. The number of aryl methyl sites for hydroxylation is 1. The van der Waals surface area contributed by atoms with Crippen molar-refractivity contribution in [3.8, 4) is 5.69 Å². The third-order valence-electron chi connectivity index (χ3n) is 4.21. The van der Waals surface area contributed by atoms with E-state index in [1.165, 1.54) is 16.7 Å². The van der Waals surface area contributed by atoms with Gasteiger partial charge < -0.3 is 10.6 Å². The summed E-state index contributed by atoms with van der Waals surface area (Å²) in [7, 11) is 0. The highest BCUT2D eigenvalue weighted by Crippen LogP contribution is 2.08. The van der Waals surface area contributed by atoms with E-state index in [4.69, 9.17) is 0 Å². The Morgan fingerprint density at radius 3 is 2.61 bits per heavy atom. The van der Waals surface area contributed by atoms with E-state index in [0.29, 0.717) is 6.54 Å². The summed E-state index contributed by atoms with van der Waals surface area (Å²) in [4.78, 5) is 4.68. The Balaban J connectivity index is 0.00000280. The second-order valence-corrected chi connectivity index (χ2v) is 6.49. The minimum absolute atomic E-state index is 0. The lowest BCUT2D eigenvalue weighted by molar-refractivity contribution is 0.799. The summed E-state index contributed by atoms with van der Waals surface area (Å²) >= 11 is 0. The molecule has 2 aromatic carbocycles. The van der Waals surface area contributed by atoms with Gasteiger partial charge in [-0.1, -0.05) is 48.0 Å². The topological polar surface area (TPSA) is 54.2 Å². The molecule has 3 aromatic rings. The predicted molar refractivity (Wildman–Crippen MR) is 127 cm³/mol. The average molecular weight is 489 g/mol. The van der Waals surface area contributed by atoms with Crippen molar-refractivity contribution in [2.24, 2.45) is 4.99 Å². The van der Waals surface area contributed by atoms with Crippen LogP contribution in [0.25, 0.3) is 5.69 Å². The number of rotatable bonds is 7. The van der Waals surface area contributed by atoms with Crippen LogP contribution >= 0.6 is 24.0 Å². The normalized spacial score (nSPS) is 11.0. The van der Waals surface area contributed by atoms with E-state index < -0.39 is 0 Å². The lowest BCUT2D eigenvalue weighted by Gasteiger charge is -2.11. The molecule has 0 radical (unpaired) electrons. The maximum atomic E-state index is 4.68. The van der Waals surface area contributed by atoms with Gasteiger partial charge >= 0.3 is 0 Å². The van der Waals surface area contributed by atoms with Crippen LogP contribution in [0.5, 0.6) is 0 Å². The number of nitrogens with one attached hydrogen (secondary N) is 2. The van der Waals surface area contributed by atoms with Gasteiger partial charge in [0.1, 0.15) is 0 Å². The van der Waals surface area contributed by atoms with Gasteiger partial charge in [0.05, 0.1) is 18.4 Å². The number of benzene rings is 2. The minimum atomic E-state index is 0. The Bertz CT molecular complexity index is 873. The molecule has 1 heterocycles. The first-order valence-electron chi connectivity index (χ1n) is 9.41. The maximum absolute atomic E-state index is 4.68. The summed E-state index contributed by atoms with van der Waals surface area (Å²) in [5.74, 6) is 0.842. The average Bonchev–Trinajstić information content (AvgIpc) is 3.16. The Hall–Kier alpha value is -2.35. The molecule has 3 rings (SSSR count). The lowest BCUT2D eigenvalue weighted by Crippen LogP contribution is -2.38. The zero-order chi connectivity index (χ0) is 18.9. The molecule has 28 heavy (non-hydrogen) atoms. The molecule has 1 aromatic heterocycles. The van der Waals surface area contributed by atoms with E-state index in [1.54, 1.807) is 0 Å². The number of nitrogens with zero attached hydrogens (tertiary/aromatic N) is 3. The van der Waals surface area contributed by atoms with Crippen LogP contribution in [0.3, 0.4) is 0 Å². The van der Waals surface area contributed by atoms with E-state index in [0.717, 1.165) is 31.2 Å². The van der Waals surface area contributed by atoms with Crippen molar-refractivity contribution in [1.29, 1.82) is 0 Å². The van der Waals surface area contributed by atoms with Crippen LogP contribution in [0, 0.1) is 6.92 Å². The summed E-state index contributed by atoms with van der Waals surface area (Å²) < 4.78 is 1.91. The molecular weight excluding hydrogens is 461 g/mol. The molecule has 0 aliphatic rings. The molecule has 0 aliphatic heterocycles. The van der Waals surface area contributed by atoms with Crippen LogP contribution < -0.4 is 10.6 Å². The Morgan fingerprint density at radius 2 is 1.86 bits per heavy atom. The third-order valence-corrected chi connectivity index (χ3v) is 4.21. The molecule has 0 atom stereocenters. The van der Waals surface area contributed by atoms with Crippen molar-refractivity contribution in [2.75, 3.05) is 13.1 Å². The van der Waals surface area contributed by atoms with Crippen LogP contribution in [0.15, 0.2) is 72.0 Å². The van der Waals surface area contributed by atoms with E-state index in [2.05, 4.69) is 77.2 Å². The molecule has 0 bridgehead atoms. The lowest BCUT2D eigenvalue weighted by atomic mass is 10.1. The Morgan fingerprint density at radius 1 is 1.04 bits per heavy atom. The van der Waals surface area contributed by atoms with Crippen molar-refractivity contribution in [2.45, 2.75) is 26.8 Å². The quantitative estimate of drug-likeness (QED) is 0.299. The van der Waals surface area contributed by atoms with Gasteiger partial charge in [0.15, 0.2) is 5.96 Å². The van der Waals surface area contributed by atoms with Crippen molar-refractivity contribution in [3.63, 3.8) is 0 Å². The number of halogens is 1. The van der Waals surface area contributed by atoms with Gasteiger partial charge in [-0.3, -0.25) is 0 Å². The van der Waals surface area contributed by atoms with E-state index in [-0.39, 0.29) is 24.0 Å². The molecule has 2 N–H and O–H groups in total. The molecule has 0 saturated carbocycles. The second kappa shape index (κ2) is 11.5. The molecule has 0 fully saturated rings. The van der Waals surface area contributed by atoms with Crippen LogP contribution in [0.1, 0.15) is 23.6 Å². The first-order valence-corrected chi connectivity index (χ1v) is 9.41. The van der Waals surface area contributed by atoms with Crippen LogP contribution in [-0.2, 0) is 13.0 Å². The SMILES string of the molecule is CCNC(=NCc1cccc(C)c1)NCCc1cnn(-c2ccccc2)c1.I. The van der Waals surface area contributed by atoms with E-state index in [1.807, 2.05) is 29.1 Å². The summed E-state index contributed by atoms with van der Waals surface area (Å²) in [5, 5.41) is 11.2. The standard InChI is InChI=1S/C22H27N5.HI/c1-3-23-22(25-15-19-9-7-8-18(2)14-19)24-13-12-20-16-26-27(17-20)21-10-5-4-6-11-21;/h4-11,14,16-17H,3,12-13,15H2,1-2H3,(H2,23,24,25);1H. The van der Waals surface area contributed by atoms with Crippen molar-refractivity contribution in [3.05, 3.63) is 83.7 Å². The molecule has 0 unspecified atom stereocenters. The maximum Gasteiger partial charge on any atom is 0.191 e. The first kappa shape index (κ1) is 21.9. The Labute approximate surface area is 184 Å². The molecular formula is C22H28IN5. The summed E-state index contributed by atoms with van der Waals surface area (Å²) in [5.41, 5.74) is 4.75. The van der Waals surface area contributed by atoms with Crippen molar-refractivity contribution in [1.82, 2.24) is 20.4 Å². The third kappa shape index (κ3) is 6.67. The van der Waals surface area contributed by atoms with Gasteiger partial charge in [-0.2, -0.15) is 5.10 Å². The molecule has 0 amide bonds. The van der Waals surface area contributed by atoms with Gasteiger partial charge in [0, 0.05) is 19.3 Å². The van der Waals surface area contributed by atoms with Gasteiger partial charge in [-0.05, 0) is 43.5 Å².